The van der Waals surface area contributed by atoms with Crippen molar-refractivity contribution < 1.29 is 14.6 Å². The van der Waals surface area contributed by atoms with Crippen LogP contribution in [0.4, 0.5) is 0 Å². The molecule has 0 aliphatic carbocycles. The van der Waals surface area contributed by atoms with Gasteiger partial charge in [-0.2, -0.15) is 11.3 Å². The molecule has 0 amide bonds. The second kappa shape index (κ2) is 10.8. The molecular formula is C18H31N3O3S. The standard InChI is InChI=1S/C18H31N3O3S/c1-3-19-17(21-14-18(2,22)16-6-10-25-13-16)20-7-4-8-23-11-15-5-9-24-12-15/h6,10,13,15,22H,3-5,7-9,11-12,14H2,1-2H3,(H2,19,20,21). The highest BCUT2D eigenvalue weighted by Gasteiger charge is 2.23. The van der Waals surface area contributed by atoms with Crippen molar-refractivity contribution in [2.24, 2.45) is 10.9 Å². The van der Waals surface area contributed by atoms with Crippen molar-refractivity contribution >= 4 is 17.3 Å². The van der Waals surface area contributed by atoms with Crippen LogP contribution in [0.25, 0.3) is 0 Å². The van der Waals surface area contributed by atoms with Crippen LogP contribution >= 0.6 is 11.3 Å². The zero-order chi connectivity index (χ0) is 18.0. The van der Waals surface area contributed by atoms with E-state index in [2.05, 4.69) is 15.6 Å². The minimum Gasteiger partial charge on any atom is -0.383 e. The molecule has 1 aromatic heterocycles. The van der Waals surface area contributed by atoms with Crippen molar-refractivity contribution in [3.05, 3.63) is 22.4 Å². The molecule has 1 fully saturated rings. The zero-order valence-electron chi connectivity index (χ0n) is 15.3. The lowest BCUT2D eigenvalue weighted by atomic mass is 10.00. The van der Waals surface area contributed by atoms with E-state index >= 15 is 0 Å². The molecule has 2 rings (SSSR count). The summed E-state index contributed by atoms with van der Waals surface area (Å²) in [6.07, 6.45) is 2.03. The highest BCUT2D eigenvalue weighted by atomic mass is 32.1. The average molecular weight is 370 g/mol. The number of thiophene rings is 1. The van der Waals surface area contributed by atoms with E-state index in [4.69, 9.17) is 9.47 Å². The maximum Gasteiger partial charge on any atom is 0.191 e. The Labute approximate surface area is 154 Å². The minimum atomic E-state index is -0.950. The van der Waals surface area contributed by atoms with E-state index in [-0.39, 0.29) is 0 Å². The first-order valence-electron chi connectivity index (χ1n) is 9.04. The van der Waals surface area contributed by atoms with Gasteiger partial charge in [-0.25, -0.2) is 4.99 Å². The van der Waals surface area contributed by atoms with E-state index in [1.54, 1.807) is 18.3 Å². The first kappa shape index (κ1) is 20.2. The van der Waals surface area contributed by atoms with Crippen molar-refractivity contribution in [2.75, 3.05) is 46.1 Å². The summed E-state index contributed by atoms with van der Waals surface area (Å²) in [5, 5.41) is 21.0. The lowest BCUT2D eigenvalue weighted by Crippen LogP contribution is -2.39. The second-order valence-corrected chi connectivity index (χ2v) is 7.35. The summed E-state index contributed by atoms with van der Waals surface area (Å²) in [7, 11) is 0. The van der Waals surface area contributed by atoms with Crippen LogP contribution in [-0.2, 0) is 15.1 Å². The lowest BCUT2D eigenvalue weighted by molar-refractivity contribution is 0.0677. The Kier molecular flexibility index (Phi) is 8.67. The van der Waals surface area contributed by atoms with E-state index in [0.717, 1.165) is 63.9 Å². The Morgan fingerprint density at radius 1 is 1.52 bits per heavy atom. The quantitative estimate of drug-likeness (QED) is 0.334. The predicted octanol–water partition coefficient (Wildman–Crippen LogP) is 1.95. The molecule has 2 heterocycles. The first-order chi connectivity index (χ1) is 12.1. The molecule has 0 saturated carbocycles. The number of aliphatic imine (C=N–C) groups is 1. The van der Waals surface area contributed by atoms with Gasteiger partial charge in [-0.1, -0.05) is 0 Å². The van der Waals surface area contributed by atoms with E-state index in [0.29, 0.717) is 12.5 Å². The molecule has 3 N–H and O–H groups in total. The molecule has 1 aliphatic rings. The molecule has 25 heavy (non-hydrogen) atoms. The number of nitrogens with zero attached hydrogens (tertiary/aromatic N) is 1. The summed E-state index contributed by atoms with van der Waals surface area (Å²) in [5.74, 6) is 1.29. The minimum absolute atomic E-state index is 0.317. The normalized spacial score (nSPS) is 20.4. The van der Waals surface area contributed by atoms with Crippen LogP contribution in [0.15, 0.2) is 21.8 Å². The maximum absolute atomic E-state index is 10.6. The van der Waals surface area contributed by atoms with Gasteiger partial charge in [0.05, 0.1) is 19.8 Å². The number of hydrogen-bond donors (Lipinski definition) is 3. The average Bonchev–Trinajstić information content (AvgIpc) is 3.29. The largest absolute Gasteiger partial charge is 0.383 e. The first-order valence-corrected chi connectivity index (χ1v) is 9.99. The summed E-state index contributed by atoms with van der Waals surface area (Å²) >= 11 is 1.58. The van der Waals surface area contributed by atoms with Crippen LogP contribution in [0, 0.1) is 5.92 Å². The van der Waals surface area contributed by atoms with Gasteiger partial charge in [-0.15, -0.1) is 0 Å². The molecule has 0 spiro atoms. The van der Waals surface area contributed by atoms with Crippen molar-refractivity contribution in [3.63, 3.8) is 0 Å². The van der Waals surface area contributed by atoms with E-state index < -0.39 is 5.60 Å². The molecular weight excluding hydrogens is 338 g/mol. The van der Waals surface area contributed by atoms with Gasteiger partial charge in [0, 0.05) is 32.2 Å². The molecule has 0 bridgehead atoms. The monoisotopic (exact) mass is 369 g/mol. The summed E-state index contributed by atoms with van der Waals surface area (Å²) in [6.45, 7) is 8.93. The third kappa shape index (κ3) is 7.32. The molecule has 1 saturated heterocycles. The van der Waals surface area contributed by atoms with Crippen LogP contribution < -0.4 is 10.6 Å². The molecule has 0 aromatic carbocycles. The van der Waals surface area contributed by atoms with Crippen LogP contribution in [-0.4, -0.2) is 57.1 Å². The Morgan fingerprint density at radius 2 is 2.40 bits per heavy atom. The highest BCUT2D eigenvalue weighted by molar-refractivity contribution is 7.08. The lowest BCUT2D eigenvalue weighted by Gasteiger charge is -2.21. The SMILES string of the molecule is CCNC(=NCC(C)(O)c1ccsc1)NCCCOCC1CCOC1. The number of guanidine groups is 1. The molecule has 1 aliphatic heterocycles. The number of nitrogens with one attached hydrogen (secondary N) is 2. The molecule has 6 nitrogen and oxygen atoms in total. The van der Waals surface area contributed by atoms with Crippen LogP contribution in [0.2, 0.25) is 0 Å². The molecule has 142 valence electrons. The Bertz CT molecular complexity index is 500. The van der Waals surface area contributed by atoms with Gasteiger partial charge in [-0.05, 0) is 49.1 Å². The van der Waals surface area contributed by atoms with Crippen molar-refractivity contribution in [1.29, 1.82) is 0 Å². The molecule has 7 heteroatoms. The molecule has 2 unspecified atom stereocenters. The van der Waals surface area contributed by atoms with Crippen molar-refractivity contribution in [2.45, 2.75) is 32.3 Å². The summed E-state index contributed by atoms with van der Waals surface area (Å²) in [5.41, 5.74) is -0.0455. The number of aliphatic hydroxyl groups is 1. The number of hydrogen-bond acceptors (Lipinski definition) is 5. The third-order valence-corrected chi connectivity index (χ3v) is 4.85. The van der Waals surface area contributed by atoms with Crippen molar-refractivity contribution in [1.82, 2.24) is 10.6 Å². The van der Waals surface area contributed by atoms with Crippen LogP contribution in [0.1, 0.15) is 32.3 Å². The van der Waals surface area contributed by atoms with Gasteiger partial charge in [0.1, 0.15) is 5.60 Å². The highest BCUT2D eigenvalue weighted by Crippen LogP contribution is 2.23. The predicted molar refractivity (Wildman–Crippen MR) is 102 cm³/mol. The third-order valence-electron chi connectivity index (χ3n) is 4.17. The Balaban J connectivity index is 1.66. The number of rotatable bonds is 10. The maximum atomic E-state index is 10.6. The number of ether oxygens (including phenoxy) is 2. The van der Waals surface area contributed by atoms with E-state index in [1.807, 2.05) is 23.8 Å². The van der Waals surface area contributed by atoms with E-state index in [1.165, 1.54) is 0 Å². The molecule has 2 atom stereocenters. The van der Waals surface area contributed by atoms with Gasteiger partial charge < -0.3 is 25.2 Å². The van der Waals surface area contributed by atoms with Crippen molar-refractivity contribution in [3.8, 4) is 0 Å². The second-order valence-electron chi connectivity index (χ2n) is 6.57. The Morgan fingerprint density at radius 3 is 3.08 bits per heavy atom. The molecule has 0 radical (unpaired) electrons. The fourth-order valence-corrected chi connectivity index (χ4v) is 3.37. The molecule has 1 aromatic rings. The van der Waals surface area contributed by atoms with Gasteiger partial charge in [0.25, 0.3) is 0 Å². The zero-order valence-corrected chi connectivity index (χ0v) is 16.1. The topological polar surface area (TPSA) is 75.1 Å². The fourth-order valence-electron chi connectivity index (χ4n) is 2.58. The van der Waals surface area contributed by atoms with Crippen LogP contribution in [0.3, 0.4) is 0 Å². The Hall–Kier alpha value is -1.15. The summed E-state index contributed by atoms with van der Waals surface area (Å²) in [4.78, 5) is 4.51. The smallest absolute Gasteiger partial charge is 0.191 e. The van der Waals surface area contributed by atoms with Crippen LogP contribution in [0.5, 0.6) is 0 Å². The van der Waals surface area contributed by atoms with Gasteiger partial charge in [0.2, 0.25) is 0 Å². The van der Waals surface area contributed by atoms with Gasteiger partial charge >= 0.3 is 0 Å². The fraction of sp³-hybridized carbons (Fsp3) is 0.722. The summed E-state index contributed by atoms with van der Waals surface area (Å²) < 4.78 is 11.0. The van der Waals surface area contributed by atoms with Gasteiger partial charge in [-0.3, -0.25) is 0 Å². The summed E-state index contributed by atoms with van der Waals surface area (Å²) in [6, 6.07) is 1.94. The van der Waals surface area contributed by atoms with Gasteiger partial charge in [0.15, 0.2) is 5.96 Å². The van der Waals surface area contributed by atoms with E-state index in [9.17, 15) is 5.11 Å².